The molecule has 1 N–H and O–H groups in total. The van der Waals surface area contributed by atoms with Crippen molar-refractivity contribution < 1.29 is 19.1 Å². The first kappa shape index (κ1) is 21.8. The fourth-order valence-electron chi connectivity index (χ4n) is 2.88. The summed E-state index contributed by atoms with van der Waals surface area (Å²) in [6, 6.07) is 14.4. The van der Waals surface area contributed by atoms with Crippen molar-refractivity contribution in [2.24, 2.45) is 0 Å². The minimum atomic E-state index is -0.266. The summed E-state index contributed by atoms with van der Waals surface area (Å²) in [5, 5.41) is 7.02. The lowest BCUT2D eigenvalue weighted by molar-refractivity contribution is -0.118. The number of carbonyl (C=O) groups is 2. The standard InChI is InChI=1S/C24H25N3O4/c1-4-27-14-13-20(26-27)21(28)11-9-18-10-12-22(23(15-18)30-3)31-16-24(29)25-19-8-6-5-7-17(19)2/h5-15H,4,16H2,1-3H3,(H,25,29)/b11-9+. The molecule has 0 aliphatic rings. The molecular weight excluding hydrogens is 394 g/mol. The number of aromatic nitrogens is 2. The monoisotopic (exact) mass is 419 g/mol. The molecule has 0 fully saturated rings. The molecule has 0 atom stereocenters. The zero-order valence-electron chi connectivity index (χ0n) is 17.8. The van der Waals surface area contributed by atoms with Crippen LogP contribution >= 0.6 is 0 Å². The molecule has 3 aromatic rings. The zero-order chi connectivity index (χ0) is 22.2. The van der Waals surface area contributed by atoms with Gasteiger partial charge >= 0.3 is 0 Å². The molecule has 160 valence electrons. The number of ketones is 1. The Bertz CT molecular complexity index is 1100. The fraction of sp³-hybridized carbons (Fsp3) is 0.208. The Labute approximate surface area is 181 Å². The number of carbonyl (C=O) groups excluding carboxylic acids is 2. The summed E-state index contributed by atoms with van der Waals surface area (Å²) in [5.41, 5.74) is 2.87. The number of methoxy groups -OCH3 is 1. The molecule has 0 aliphatic carbocycles. The number of hydrogen-bond acceptors (Lipinski definition) is 5. The Kier molecular flexibility index (Phi) is 7.22. The molecule has 0 saturated carbocycles. The van der Waals surface area contributed by atoms with Gasteiger partial charge in [-0.25, -0.2) is 0 Å². The molecule has 0 unspecified atom stereocenters. The number of aryl methyl sites for hydroxylation is 2. The molecule has 0 aliphatic heterocycles. The second-order valence-corrected chi connectivity index (χ2v) is 6.82. The average Bonchev–Trinajstić information content (AvgIpc) is 3.27. The smallest absolute Gasteiger partial charge is 0.262 e. The van der Waals surface area contributed by atoms with E-state index in [1.54, 1.807) is 41.2 Å². The summed E-state index contributed by atoms with van der Waals surface area (Å²) in [7, 11) is 1.52. The minimum absolute atomic E-state index is 0.154. The van der Waals surface area contributed by atoms with Crippen LogP contribution < -0.4 is 14.8 Å². The first-order valence-electron chi connectivity index (χ1n) is 9.92. The maximum atomic E-state index is 12.3. The third-order valence-electron chi connectivity index (χ3n) is 4.61. The van der Waals surface area contributed by atoms with Gasteiger partial charge in [0, 0.05) is 18.4 Å². The average molecular weight is 419 g/mol. The van der Waals surface area contributed by atoms with Crippen LogP contribution in [0, 0.1) is 6.92 Å². The Hall–Kier alpha value is -3.87. The van der Waals surface area contributed by atoms with Crippen LogP contribution in [0.3, 0.4) is 0 Å². The summed E-state index contributed by atoms with van der Waals surface area (Å²) in [5.74, 6) is 0.456. The number of hydrogen-bond donors (Lipinski definition) is 1. The number of ether oxygens (including phenoxy) is 2. The van der Waals surface area contributed by atoms with Gasteiger partial charge in [-0.2, -0.15) is 5.10 Å². The molecule has 7 heteroatoms. The van der Waals surface area contributed by atoms with Gasteiger partial charge in [0.05, 0.1) is 7.11 Å². The van der Waals surface area contributed by atoms with Gasteiger partial charge in [0.1, 0.15) is 5.69 Å². The second kappa shape index (κ2) is 10.2. The van der Waals surface area contributed by atoms with Gasteiger partial charge in [-0.3, -0.25) is 14.3 Å². The predicted octanol–water partition coefficient (Wildman–Crippen LogP) is 4.13. The number of rotatable bonds is 9. The molecule has 0 radical (unpaired) electrons. The summed E-state index contributed by atoms with van der Waals surface area (Å²) < 4.78 is 12.7. The Morgan fingerprint density at radius 3 is 2.65 bits per heavy atom. The van der Waals surface area contributed by atoms with Crippen molar-refractivity contribution in [3.05, 3.63) is 77.6 Å². The van der Waals surface area contributed by atoms with E-state index in [-0.39, 0.29) is 18.3 Å². The molecule has 2 aromatic carbocycles. The third-order valence-corrected chi connectivity index (χ3v) is 4.61. The van der Waals surface area contributed by atoms with Crippen LogP contribution in [0.4, 0.5) is 5.69 Å². The normalized spacial score (nSPS) is 10.8. The van der Waals surface area contributed by atoms with Crippen molar-refractivity contribution in [3.8, 4) is 11.5 Å². The van der Waals surface area contributed by atoms with Crippen molar-refractivity contribution in [1.82, 2.24) is 9.78 Å². The van der Waals surface area contributed by atoms with Crippen molar-refractivity contribution in [1.29, 1.82) is 0 Å². The largest absolute Gasteiger partial charge is 0.493 e. The van der Waals surface area contributed by atoms with E-state index in [2.05, 4.69) is 10.4 Å². The molecule has 0 saturated heterocycles. The van der Waals surface area contributed by atoms with Crippen LogP contribution in [-0.4, -0.2) is 35.2 Å². The molecular formula is C24H25N3O4. The van der Waals surface area contributed by atoms with Crippen LogP contribution in [-0.2, 0) is 11.3 Å². The Morgan fingerprint density at radius 1 is 1.13 bits per heavy atom. The highest BCUT2D eigenvalue weighted by atomic mass is 16.5. The molecule has 1 amide bonds. The molecule has 0 spiro atoms. The number of anilines is 1. The molecule has 1 heterocycles. The molecule has 31 heavy (non-hydrogen) atoms. The number of benzene rings is 2. The van der Waals surface area contributed by atoms with Crippen molar-refractivity contribution in [3.63, 3.8) is 0 Å². The number of amides is 1. The van der Waals surface area contributed by atoms with Crippen LogP contribution in [0.15, 0.2) is 60.8 Å². The van der Waals surface area contributed by atoms with Gasteiger partial charge in [0.2, 0.25) is 5.78 Å². The molecule has 3 rings (SSSR count). The number of allylic oxidation sites excluding steroid dienone is 1. The third kappa shape index (κ3) is 5.82. The molecule has 1 aromatic heterocycles. The number of nitrogens with zero attached hydrogens (tertiary/aromatic N) is 2. The van der Waals surface area contributed by atoms with Gasteiger partial charge in [-0.1, -0.05) is 30.3 Å². The minimum Gasteiger partial charge on any atom is -0.493 e. The van der Waals surface area contributed by atoms with Gasteiger partial charge in [-0.05, 0) is 55.3 Å². The predicted molar refractivity (Wildman–Crippen MR) is 120 cm³/mol. The highest BCUT2D eigenvalue weighted by molar-refractivity contribution is 6.05. The van der Waals surface area contributed by atoms with Gasteiger partial charge in [0.15, 0.2) is 18.1 Å². The topological polar surface area (TPSA) is 82.5 Å². The van der Waals surface area contributed by atoms with Crippen LogP contribution in [0.2, 0.25) is 0 Å². The van der Waals surface area contributed by atoms with E-state index in [4.69, 9.17) is 9.47 Å². The molecule has 0 bridgehead atoms. The van der Waals surface area contributed by atoms with E-state index in [0.717, 1.165) is 16.8 Å². The van der Waals surface area contributed by atoms with Gasteiger partial charge in [0.25, 0.3) is 5.91 Å². The van der Waals surface area contributed by atoms with Crippen LogP contribution in [0.25, 0.3) is 6.08 Å². The van der Waals surface area contributed by atoms with Crippen molar-refractivity contribution in [2.45, 2.75) is 20.4 Å². The van der Waals surface area contributed by atoms with E-state index in [9.17, 15) is 9.59 Å². The Balaban J connectivity index is 1.62. The number of nitrogens with one attached hydrogen (secondary N) is 1. The van der Waals surface area contributed by atoms with Crippen LogP contribution in [0.1, 0.15) is 28.5 Å². The summed E-state index contributed by atoms with van der Waals surface area (Å²) in [6.45, 7) is 4.43. The van der Waals surface area contributed by atoms with Gasteiger partial charge in [-0.15, -0.1) is 0 Å². The quantitative estimate of drug-likeness (QED) is 0.416. The maximum absolute atomic E-state index is 12.3. The van der Waals surface area contributed by atoms with E-state index in [0.29, 0.717) is 23.7 Å². The maximum Gasteiger partial charge on any atom is 0.262 e. The number of para-hydroxylation sites is 1. The summed E-state index contributed by atoms with van der Waals surface area (Å²) in [6.07, 6.45) is 4.92. The van der Waals surface area contributed by atoms with Crippen molar-refractivity contribution in [2.75, 3.05) is 19.0 Å². The van der Waals surface area contributed by atoms with E-state index < -0.39 is 0 Å². The highest BCUT2D eigenvalue weighted by Gasteiger charge is 2.10. The lowest BCUT2D eigenvalue weighted by Gasteiger charge is -2.12. The molecule has 7 nitrogen and oxygen atoms in total. The lowest BCUT2D eigenvalue weighted by Crippen LogP contribution is -2.20. The highest BCUT2D eigenvalue weighted by Crippen LogP contribution is 2.28. The van der Waals surface area contributed by atoms with Crippen LogP contribution in [0.5, 0.6) is 11.5 Å². The Morgan fingerprint density at radius 2 is 1.94 bits per heavy atom. The van der Waals surface area contributed by atoms with E-state index in [1.807, 2.05) is 38.1 Å². The zero-order valence-corrected chi connectivity index (χ0v) is 17.8. The second-order valence-electron chi connectivity index (χ2n) is 6.82. The van der Waals surface area contributed by atoms with E-state index >= 15 is 0 Å². The first-order chi connectivity index (χ1) is 15.0. The lowest BCUT2D eigenvalue weighted by atomic mass is 10.1. The fourth-order valence-corrected chi connectivity index (χ4v) is 2.88. The summed E-state index contributed by atoms with van der Waals surface area (Å²) >= 11 is 0. The SMILES string of the molecule is CCn1ccc(C(=O)/C=C/c2ccc(OCC(=O)Nc3ccccc3C)c(OC)c2)n1. The van der Waals surface area contributed by atoms with Gasteiger partial charge < -0.3 is 14.8 Å². The van der Waals surface area contributed by atoms with Crippen molar-refractivity contribution >= 4 is 23.5 Å². The summed E-state index contributed by atoms with van der Waals surface area (Å²) in [4.78, 5) is 24.5. The van der Waals surface area contributed by atoms with E-state index in [1.165, 1.54) is 13.2 Å². The first-order valence-corrected chi connectivity index (χ1v) is 9.92.